The maximum atomic E-state index is 12.1. The molecule has 2 unspecified atom stereocenters. The van der Waals surface area contributed by atoms with Crippen molar-refractivity contribution in [3.05, 3.63) is 29.3 Å². The van der Waals surface area contributed by atoms with Gasteiger partial charge in [0.15, 0.2) is 0 Å². The summed E-state index contributed by atoms with van der Waals surface area (Å²) < 4.78 is 0. The number of thioether (sulfide) groups is 1. The number of benzene rings is 1. The van der Waals surface area contributed by atoms with Crippen LogP contribution in [0.4, 0.5) is 5.69 Å². The van der Waals surface area contributed by atoms with E-state index in [2.05, 4.69) is 16.0 Å². The first-order chi connectivity index (χ1) is 11.3. The Morgan fingerprint density at radius 2 is 2.12 bits per heavy atom. The molecule has 0 radical (unpaired) electrons. The lowest BCUT2D eigenvalue weighted by molar-refractivity contribution is -0.124. The van der Waals surface area contributed by atoms with Crippen LogP contribution < -0.4 is 21.7 Å². The Balaban J connectivity index is 1.84. The number of primary amides is 1. The first-order valence-electron chi connectivity index (χ1n) is 7.66. The van der Waals surface area contributed by atoms with Crippen LogP contribution in [0.2, 0.25) is 0 Å². The molecular weight excluding hydrogens is 328 g/mol. The Morgan fingerprint density at radius 1 is 1.38 bits per heavy atom. The number of hydrogen-bond acceptors (Lipinski definition) is 5. The average Bonchev–Trinajstić information content (AvgIpc) is 2.47. The summed E-state index contributed by atoms with van der Waals surface area (Å²) in [5.41, 5.74) is 7.66. The molecule has 24 heavy (non-hydrogen) atoms. The summed E-state index contributed by atoms with van der Waals surface area (Å²) in [6.45, 7) is 3.93. The monoisotopic (exact) mass is 350 g/mol. The topological polar surface area (TPSA) is 113 Å². The van der Waals surface area contributed by atoms with Gasteiger partial charge in [-0.1, -0.05) is 17.7 Å². The Bertz CT molecular complexity index is 648. The van der Waals surface area contributed by atoms with E-state index in [1.165, 1.54) is 11.8 Å². The molecule has 0 aromatic heterocycles. The molecule has 1 aliphatic rings. The molecule has 0 aliphatic carbocycles. The Labute approximate surface area is 145 Å². The average molecular weight is 350 g/mol. The second kappa shape index (κ2) is 8.16. The molecule has 1 saturated heterocycles. The van der Waals surface area contributed by atoms with Gasteiger partial charge in [0.05, 0.1) is 5.75 Å². The van der Waals surface area contributed by atoms with Crippen LogP contribution >= 0.6 is 11.8 Å². The van der Waals surface area contributed by atoms with Crippen molar-refractivity contribution in [1.82, 2.24) is 10.6 Å². The second-order valence-electron chi connectivity index (χ2n) is 5.86. The van der Waals surface area contributed by atoms with Gasteiger partial charge in [0.2, 0.25) is 17.7 Å². The smallest absolute Gasteiger partial charge is 0.234 e. The fourth-order valence-electron chi connectivity index (χ4n) is 2.51. The van der Waals surface area contributed by atoms with Crippen LogP contribution in [0.5, 0.6) is 0 Å². The maximum Gasteiger partial charge on any atom is 0.234 e. The van der Waals surface area contributed by atoms with Crippen molar-refractivity contribution in [3.63, 3.8) is 0 Å². The number of carbonyl (C=O) groups excluding carboxylic acids is 3. The summed E-state index contributed by atoms with van der Waals surface area (Å²) in [6.07, 6.45) is 0.300. The van der Waals surface area contributed by atoms with E-state index in [0.717, 1.165) is 16.8 Å². The minimum absolute atomic E-state index is 0.0965. The Morgan fingerprint density at radius 3 is 2.79 bits per heavy atom. The lowest BCUT2D eigenvalue weighted by Crippen LogP contribution is -2.55. The van der Waals surface area contributed by atoms with Crippen LogP contribution in [0.1, 0.15) is 24.0 Å². The number of carbonyl (C=O) groups is 3. The minimum atomic E-state index is -0.460. The molecule has 1 heterocycles. The van der Waals surface area contributed by atoms with E-state index in [9.17, 15) is 14.4 Å². The van der Waals surface area contributed by atoms with E-state index in [1.807, 2.05) is 32.0 Å². The molecule has 0 bridgehead atoms. The summed E-state index contributed by atoms with van der Waals surface area (Å²) in [7, 11) is 0. The van der Waals surface area contributed by atoms with E-state index >= 15 is 0 Å². The highest BCUT2D eigenvalue weighted by molar-refractivity contribution is 8.00. The number of amides is 3. The van der Waals surface area contributed by atoms with Crippen molar-refractivity contribution < 1.29 is 14.4 Å². The fraction of sp³-hybridized carbons (Fsp3) is 0.438. The Hall–Kier alpha value is -2.06. The van der Waals surface area contributed by atoms with Gasteiger partial charge in [-0.3, -0.25) is 19.7 Å². The molecule has 5 N–H and O–H groups in total. The highest BCUT2D eigenvalue weighted by Gasteiger charge is 2.27. The van der Waals surface area contributed by atoms with E-state index < -0.39 is 11.4 Å². The summed E-state index contributed by atoms with van der Waals surface area (Å²) in [5, 5.41) is 8.70. The van der Waals surface area contributed by atoms with Crippen molar-refractivity contribution in [2.24, 2.45) is 5.73 Å². The number of hydrogen-bond donors (Lipinski definition) is 4. The molecule has 0 spiro atoms. The summed E-state index contributed by atoms with van der Waals surface area (Å²) in [4.78, 5) is 34.7. The molecule has 7 nitrogen and oxygen atoms in total. The summed E-state index contributed by atoms with van der Waals surface area (Å²) >= 11 is 1.26. The van der Waals surface area contributed by atoms with Gasteiger partial charge in [-0.2, -0.15) is 0 Å². The van der Waals surface area contributed by atoms with Gasteiger partial charge in [0, 0.05) is 24.6 Å². The van der Waals surface area contributed by atoms with E-state index in [0.29, 0.717) is 0 Å². The number of aryl methyl sites for hydroxylation is 2. The van der Waals surface area contributed by atoms with Gasteiger partial charge >= 0.3 is 0 Å². The minimum Gasteiger partial charge on any atom is -0.370 e. The van der Waals surface area contributed by atoms with Crippen LogP contribution in [-0.2, 0) is 14.4 Å². The lowest BCUT2D eigenvalue weighted by Gasteiger charge is -2.30. The van der Waals surface area contributed by atoms with Gasteiger partial charge in [-0.05, 0) is 25.5 Å². The van der Waals surface area contributed by atoms with Crippen molar-refractivity contribution in [2.75, 3.05) is 11.1 Å². The van der Waals surface area contributed by atoms with Gasteiger partial charge in [-0.15, -0.1) is 11.8 Å². The van der Waals surface area contributed by atoms with Crippen LogP contribution in [0, 0.1) is 13.8 Å². The third-order valence-corrected chi connectivity index (χ3v) is 4.61. The standard InChI is InChI=1S/C16H22N4O3S/c1-9-3-4-12(10(2)5-9)19-15(23)8-24-16-18-11(6-13(17)21)7-14(22)20-16/h3-5,11,16,18H,6-8H2,1-2H3,(H2,17,21)(H,19,23)(H,20,22). The van der Waals surface area contributed by atoms with E-state index in [4.69, 9.17) is 5.73 Å². The molecule has 1 aliphatic heterocycles. The lowest BCUT2D eigenvalue weighted by atomic mass is 10.1. The molecular formula is C16H22N4O3S. The summed E-state index contributed by atoms with van der Waals surface area (Å²) in [5.74, 6) is -0.597. The maximum absolute atomic E-state index is 12.1. The van der Waals surface area contributed by atoms with Crippen LogP contribution in [0.3, 0.4) is 0 Å². The number of nitrogens with one attached hydrogen (secondary N) is 3. The molecule has 130 valence electrons. The highest BCUT2D eigenvalue weighted by atomic mass is 32.2. The molecule has 2 atom stereocenters. The third kappa shape index (κ3) is 5.54. The number of rotatable bonds is 6. The predicted molar refractivity (Wildman–Crippen MR) is 94.3 cm³/mol. The van der Waals surface area contributed by atoms with E-state index in [1.54, 1.807) is 0 Å². The molecule has 1 aromatic rings. The van der Waals surface area contributed by atoms with Crippen molar-refractivity contribution in [3.8, 4) is 0 Å². The van der Waals surface area contributed by atoms with Gasteiger partial charge in [-0.25, -0.2) is 0 Å². The van der Waals surface area contributed by atoms with Gasteiger partial charge in [0.25, 0.3) is 0 Å². The molecule has 8 heteroatoms. The zero-order valence-corrected chi connectivity index (χ0v) is 14.5. The second-order valence-corrected chi connectivity index (χ2v) is 6.96. The summed E-state index contributed by atoms with van der Waals surface area (Å²) in [6, 6.07) is 5.51. The van der Waals surface area contributed by atoms with Crippen LogP contribution in [0.15, 0.2) is 18.2 Å². The Kier molecular flexibility index (Phi) is 6.22. The molecule has 2 rings (SSSR count). The SMILES string of the molecule is Cc1ccc(NC(=O)CSC2NC(=O)CC(CC(N)=O)N2)c(C)c1. The first-order valence-corrected chi connectivity index (χ1v) is 8.71. The molecule has 1 fully saturated rings. The fourth-order valence-corrected chi connectivity index (χ4v) is 3.40. The van der Waals surface area contributed by atoms with Crippen molar-refractivity contribution in [2.45, 2.75) is 38.2 Å². The first kappa shape index (κ1) is 18.3. The van der Waals surface area contributed by atoms with Gasteiger partial charge in [0.1, 0.15) is 5.50 Å². The van der Waals surface area contributed by atoms with Crippen LogP contribution in [-0.4, -0.2) is 35.0 Å². The predicted octanol–water partition coefficient (Wildman–Crippen LogP) is 0.612. The van der Waals surface area contributed by atoms with Crippen molar-refractivity contribution >= 4 is 35.2 Å². The zero-order valence-electron chi connectivity index (χ0n) is 13.7. The number of anilines is 1. The molecule has 1 aromatic carbocycles. The van der Waals surface area contributed by atoms with Crippen LogP contribution in [0.25, 0.3) is 0 Å². The third-order valence-electron chi connectivity index (χ3n) is 3.60. The van der Waals surface area contributed by atoms with Gasteiger partial charge < -0.3 is 16.4 Å². The van der Waals surface area contributed by atoms with Crippen molar-refractivity contribution in [1.29, 1.82) is 0 Å². The quantitative estimate of drug-likeness (QED) is 0.600. The molecule has 0 saturated carbocycles. The normalized spacial score (nSPS) is 20.3. The highest BCUT2D eigenvalue weighted by Crippen LogP contribution is 2.18. The molecule has 3 amide bonds. The zero-order chi connectivity index (χ0) is 17.7. The largest absolute Gasteiger partial charge is 0.370 e. The number of nitrogens with two attached hydrogens (primary N) is 1. The van der Waals surface area contributed by atoms with E-state index in [-0.39, 0.29) is 36.5 Å².